The van der Waals surface area contributed by atoms with Crippen molar-refractivity contribution in [2.24, 2.45) is 0 Å². The van der Waals surface area contributed by atoms with E-state index in [9.17, 15) is 9.59 Å². The SMILES string of the molecule is O=C(O)c1cccc(-c2nnco2)c1C(=O)O. The van der Waals surface area contributed by atoms with Crippen LogP contribution < -0.4 is 0 Å². The maximum absolute atomic E-state index is 11.1. The standard InChI is InChI=1S/C10H6N2O5/c13-9(14)6-3-1-2-5(7(6)10(15)16)8-12-11-4-17-8/h1-4H,(H,13,14)(H,15,16). The van der Waals surface area contributed by atoms with Crippen molar-refractivity contribution in [2.75, 3.05) is 0 Å². The molecule has 1 aromatic carbocycles. The fourth-order valence-corrected chi connectivity index (χ4v) is 1.43. The molecular formula is C10H6N2O5. The minimum absolute atomic E-state index is 0.0366. The van der Waals surface area contributed by atoms with Gasteiger partial charge in [0.1, 0.15) is 0 Å². The fourth-order valence-electron chi connectivity index (χ4n) is 1.43. The molecule has 0 aliphatic carbocycles. The third-order valence-corrected chi connectivity index (χ3v) is 2.10. The normalized spacial score (nSPS) is 10.1. The van der Waals surface area contributed by atoms with Crippen molar-refractivity contribution in [1.82, 2.24) is 10.2 Å². The zero-order chi connectivity index (χ0) is 12.4. The van der Waals surface area contributed by atoms with Crippen LogP contribution in [-0.2, 0) is 0 Å². The number of nitrogens with zero attached hydrogens (tertiary/aromatic N) is 2. The highest BCUT2D eigenvalue weighted by Crippen LogP contribution is 2.24. The molecule has 2 N–H and O–H groups in total. The van der Waals surface area contributed by atoms with Gasteiger partial charge in [0, 0.05) is 0 Å². The topological polar surface area (TPSA) is 114 Å². The van der Waals surface area contributed by atoms with Gasteiger partial charge in [-0.15, -0.1) is 10.2 Å². The first-order chi connectivity index (χ1) is 8.11. The number of rotatable bonds is 3. The van der Waals surface area contributed by atoms with Crippen LogP contribution in [0.5, 0.6) is 0 Å². The molecule has 0 unspecified atom stereocenters. The van der Waals surface area contributed by atoms with E-state index in [1.807, 2.05) is 0 Å². The van der Waals surface area contributed by atoms with Gasteiger partial charge in [0.15, 0.2) is 0 Å². The van der Waals surface area contributed by atoms with E-state index in [2.05, 4.69) is 10.2 Å². The van der Waals surface area contributed by atoms with Gasteiger partial charge in [0.25, 0.3) is 0 Å². The summed E-state index contributed by atoms with van der Waals surface area (Å²) >= 11 is 0. The molecule has 0 saturated heterocycles. The summed E-state index contributed by atoms with van der Waals surface area (Å²) in [5.41, 5.74) is -0.618. The summed E-state index contributed by atoms with van der Waals surface area (Å²) < 4.78 is 4.87. The van der Waals surface area contributed by atoms with Crippen LogP contribution in [0.4, 0.5) is 0 Å². The molecule has 0 amide bonds. The Kier molecular flexibility index (Phi) is 2.57. The molecule has 7 nitrogen and oxygen atoms in total. The highest BCUT2D eigenvalue weighted by molar-refractivity contribution is 6.05. The Hall–Kier alpha value is -2.70. The summed E-state index contributed by atoms with van der Waals surface area (Å²) in [4.78, 5) is 22.0. The van der Waals surface area contributed by atoms with Crippen LogP contribution in [0.15, 0.2) is 29.0 Å². The van der Waals surface area contributed by atoms with Crippen LogP contribution >= 0.6 is 0 Å². The average Bonchev–Trinajstić information content (AvgIpc) is 2.81. The molecule has 0 spiro atoms. The van der Waals surface area contributed by atoms with E-state index in [-0.39, 0.29) is 22.6 Å². The van der Waals surface area contributed by atoms with E-state index in [0.717, 1.165) is 6.39 Å². The Bertz CT molecular complexity index is 576. The minimum atomic E-state index is -1.36. The second-order valence-corrected chi connectivity index (χ2v) is 3.08. The lowest BCUT2D eigenvalue weighted by Gasteiger charge is -2.05. The number of carbonyl (C=O) groups is 2. The Labute approximate surface area is 94.3 Å². The molecule has 7 heteroatoms. The largest absolute Gasteiger partial charge is 0.478 e. The average molecular weight is 234 g/mol. The van der Waals surface area contributed by atoms with Crippen LogP contribution in [0.2, 0.25) is 0 Å². The van der Waals surface area contributed by atoms with Gasteiger partial charge in [0.05, 0.1) is 16.7 Å². The molecule has 2 rings (SSSR count). The van der Waals surface area contributed by atoms with E-state index < -0.39 is 11.9 Å². The number of carboxylic acid groups (broad SMARTS) is 2. The van der Waals surface area contributed by atoms with Crippen LogP contribution in [0.3, 0.4) is 0 Å². The smallest absolute Gasteiger partial charge is 0.337 e. The van der Waals surface area contributed by atoms with Crippen molar-refractivity contribution >= 4 is 11.9 Å². The second-order valence-electron chi connectivity index (χ2n) is 3.08. The quantitative estimate of drug-likeness (QED) is 0.818. The highest BCUT2D eigenvalue weighted by atomic mass is 16.4. The van der Waals surface area contributed by atoms with Crippen molar-refractivity contribution in [2.45, 2.75) is 0 Å². The molecule has 0 aliphatic heterocycles. The number of carboxylic acids is 2. The number of hydrogen-bond acceptors (Lipinski definition) is 5. The summed E-state index contributed by atoms with van der Waals surface area (Å²) in [5.74, 6) is -2.73. The van der Waals surface area contributed by atoms with Crippen LogP contribution in [0.1, 0.15) is 20.7 Å². The zero-order valence-electron chi connectivity index (χ0n) is 8.32. The summed E-state index contributed by atoms with van der Waals surface area (Å²) in [5, 5.41) is 24.9. The molecule has 1 aromatic heterocycles. The van der Waals surface area contributed by atoms with Crippen molar-refractivity contribution in [1.29, 1.82) is 0 Å². The molecule has 2 aromatic rings. The van der Waals surface area contributed by atoms with E-state index in [4.69, 9.17) is 14.6 Å². The van der Waals surface area contributed by atoms with Gasteiger partial charge in [-0.1, -0.05) is 6.07 Å². The molecular weight excluding hydrogens is 228 g/mol. The van der Waals surface area contributed by atoms with Gasteiger partial charge in [0.2, 0.25) is 12.3 Å². The van der Waals surface area contributed by atoms with Crippen molar-refractivity contribution in [3.63, 3.8) is 0 Å². The number of benzene rings is 1. The Morgan fingerprint density at radius 1 is 1.18 bits per heavy atom. The molecule has 0 fully saturated rings. The third kappa shape index (κ3) is 1.85. The molecule has 0 radical (unpaired) electrons. The minimum Gasteiger partial charge on any atom is -0.478 e. The van der Waals surface area contributed by atoms with Gasteiger partial charge in [-0.3, -0.25) is 0 Å². The number of hydrogen-bond donors (Lipinski definition) is 2. The molecule has 0 bridgehead atoms. The summed E-state index contributed by atoms with van der Waals surface area (Å²) in [6, 6.07) is 4.02. The number of aromatic carboxylic acids is 2. The van der Waals surface area contributed by atoms with Crippen LogP contribution in [0.25, 0.3) is 11.5 Å². The molecule has 0 aliphatic rings. The Morgan fingerprint density at radius 3 is 2.47 bits per heavy atom. The van der Waals surface area contributed by atoms with E-state index in [1.54, 1.807) is 0 Å². The maximum atomic E-state index is 11.1. The Morgan fingerprint density at radius 2 is 1.94 bits per heavy atom. The van der Waals surface area contributed by atoms with Gasteiger partial charge < -0.3 is 14.6 Å². The van der Waals surface area contributed by atoms with Crippen molar-refractivity contribution in [3.8, 4) is 11.5 Å². The first-order valence-electron chi connectivity index (χ1n) is 4.47. The van der Waals surface area contributed by atoms with E-state index in [0.29, 0.717) is 0 Å². The van der Waals surface area contributed by atoms with Crippen molar-refractivity contribution < 1.29 is 24.2 Å². The van der Waals surface area contributed by atoms with Gasteiger partial charge in [-0.2, -0.15) is 0 Å². The summed E-state index contributed by atoms with van der Waals surface area (Å²) in [6.07, 6.45) is 1.04. The molecule has 86 valence electrons. The number of aromatic nitrogens is 2. The van der Waals surface area contributed by atoms with Gasteiger partial charge >= 0.3 is 11.9 Å². The lowest BCUT2D eigenvalue weighted by Crippen LogP contribution is -2.09. The highest BCUT2D eigenvalue weighted by Gasteiger charge is 2.22. The zero-order valence-corrected chi connectivity index (χ0v) is 8.32. The van der Waals surface area contributed by atoms with Crippen molar-refractivity contribution in [3.05, 3.63) is 35.7 Å². The molecule has 0 atom stereocenters. The Balaban J connectivity index is 2.72. The molecule has 1 heterocycles. The predicted molar refractivity (Wildman–Crippen MR) is 53.7 cm³/mol. The first-order valence-corrected chi connectivity index (χ1v) is 4.47. The second kappa shape index (κ2) is 4.05. The maximum Gasteiger partial charge on any atom is 0.337 e. The van der Waals surface area contributed by atoms with Gasteiger partial charge in [-0.05, 0) is 12.1 Å². The monoisotopic (exact) mass is 234 g/mol. The van der Waals surface area contributed by atoms with E-state index in [1.165, 1.54) is 18.2 Å². The third-order valence-electron chi connectivity index (χ3n) is 2.10. The van der Waals surface area contributed by atoms with Crippen LogP contribution in [0, 0.1) is 0 Å². The fraction of sp³-hybridized carbons (Fsp3) is 0. The summed E-state index contributed by atoms with van der Waals surface area (Å²) in [6.45, 7) is 0. The lowest BCUT2D eigenvalue weighted by molar-refractivity contribution is 0.0652. The summed E-state index contributed by atoms with van der Waals surface area (Å²) in [7, 11) is 0. The molecule has 17 heavy (non-hydrogen) atoms. The van der Waals surface area contributed by atoms with Crippen LogP contribution in [-0.4, -0.2) is 32.3 Å². The van der Waals surface area contributed by atoms with E-state index >= 15 is 0 Å². The molecule has 0 saturated carbocycles. The predicted octanol–water partition coefficient (Wildman–Crippen LogP) is 1.13. The first kappa shape index (κ1) is 10.8. The lowest BCUT2D eigenvalue weighted by atomic mass is 10.0. The van der Waals surface area contributed by atoms with Gasteiger partial charge in [-0.25, -0.2) is 9.59 Å².